The molecule has 0 atom stereocenters. The highest BCUT2D eigenvalue weighted by molar-refractivity contribution is 6.34. The largest absolute Gasteiger partial charge is 0.353 e. The van der Waals surface area contributed by atoms with Gasteiger partial charge in [-0.3, -0.25) is 19.7 Å². The second-order valence-electron chi connectivity index (χ2n) is 7.81. The molecule has 2 amide bonds. The average Bonchev–Trinajstić information content (AvgIpc) is 3.45. The zero-order chi connectivity index (χ0) is 22.0. The van der Waals surface area contributed by atoms with Gasteiger partial charge in [0, 0.05) is 43.2 Å². The van der Waals surface area contributed by atoms with Crippen LogP contribution in [0.4, 0.5) is 5.69 Å². The molecule has 1 aliphatic rings. The van der Waals surface area contributed by atoms with Crippen LogP contribution in [0, 0.1) is 10.1 Å². The Morgan fingerprint density at radius 1 is 1.30 bits per heavy atom. The molecule has 0 radical (unpaired) electrons. The Hall–Kier alpha value is -2.87. The van der Waals surface area contributed by atoms with Crippen LogP contribution in [0.5, 0.6) is 0 Å². The number of nitro groups is 1. The predicted octanol–water partition coefficient (Wildman–Crippen LogP) is 3.63. The van der Waals surface area contributed by atoms with E-state index in [0.29, 0.717) is 6.54 Å². The fourth-order valence-corrected chi connectivity index (χ4v) is 3.57. The lowest BCUT2D eigenvalue weighted by Gasteiger charge is -2.30. The summed E-state index contributed by atoms with van der Waals surface area (Å²) in [5.41, 5.74) is 0.978. The first-order chi connectivity index (χ1) is 14.2. The molecule has 0 unspecified atom stereocenters. The number of aromatic nitrogens is 1. The van der Waals surface area contributed by atoms with Crippen molar-refractivity contribution in [2.24, 2.45) is 7.05 Å². The first-order valence-electron chi connectivity index (χ1n) is 9.83. The van der Waals surface area contributed by atoms with Gasteiger partial charge in [0.05, 0.1) is 22.1 Å². The van der Waals surface area contributed by atoms with Gasteiger partial charge in [0.15, 0.2) is 0 Å². The maximum Gasteiger partial charge on any atom is 0.270 e. The molecular weight excluding hydrogens is 408 g/mol. The van der Waals surface area contributed by atoms with E-state index in [1.165, 1.54) is 17.0 Å². The van der Waals surface area contributed by atoms with Gasteiger partial charge < -0.3 is 14.4 Å². The molecule has 0 saturated heterocycles. The molecule has 160 valence electrons. The Labute approximate surface area is 180 Å². The Bertz CT molecular complexity index is 968. The number of carbonyl (C=O) groups excluding carboxylic acids is 2. The summed E-state index contributed by atoms with van der Waals surface area (Å²) in [5, 5.41) is 10.9. The van der Waals surface area contributed by atoms with E-state index in [4.69, 9.17) is 11.6 Å². The van der Waals surface area contributed by atoms with Crippen molar-refractivity contribution in [1.82, 2.24) is 14.4 Å². The van der Waals surface area contributed by atoms with E-state index in [9.17, 15) is 19.7 Å². The summed E-state index contributed by atoms with van der Waals surface area (Å²) in [6.07, 6.45) is 3.85. The second-order valence-corrected chi connectivity index (χ2v) is 8.22. The number of non-ortho nitro benzene ring substituents is 1. The Morgan fingerprint density at radius 3 is 2.50 bits per heavy atom. The highest BCUT2D eigenvalue weighted by Crippen LogP contribution is 2.29. The summed E-state index contributed by atoms with van der Waals surface area (Å²) in [4.78, 5) is 39.9. The van der Waals surface area contributed by atoms with E-state index in [2.05, 4.69) is 0 Å². The topological polar surface area (TPSA) is 88.7 Å². The van der Waals surface area contributed by atoms with E-state index in [1.54, 1.807) is 0 Å². The number of rotatable bonds is 8. The van der Waals surface area contributed by atoms with Crippen molar-refractivity contribution in [3.8, 4) is 0 Å². The summed E-state index contributed by atoms with van der Waals surface area (Å²) in [6, 6.07) is 7.59. The van der Waals surface area contributed by atoms with Crippen LogP contribution in [0.25, 0.3) is 0 Å². The molecule has 2 aromatic rings. The van der Waals surface area contributed by atoms with Crippen molar-refractivity contribution < 1.29 is 14.5 Å². The minimum Gasteiger partial charge on any atom is -0.353 e. The lowest BCUT2D eigenvalue weighted by Crippen LogP contribution is -2.46. The van der Waals surface area contributed by atoms with Crippen molar-refractivity contribution in [1.29, 1.82) is 0 Å². The number of aryl methyl sites for hydroxylation is 1. The molecule has 0 aliphatic heterocycles. The van der Waals surface area contributed by atoms with Crippen molar-refractivity contribution in [3.63, 3.8) is 0 Å². The number of nitro benzene ring substituents is 1. The standard InChI is InChI=1S/C21H25ClN4O4/c1-14(2)24(21(28)18-9-8-16(26(29)30)11-19(18)22)13-20(27)25(15-6-7-15)12-17-5-4-10-23(17)3/h4-5,8-11,14-15H,6-7,12-13H2,1-3H3. The van der Waals surface area contributed by atoms with Gasteiger partial charge in [0.1, 0.15) is 6.54 Å². The number of nitrogens with zero attached hydrogens (tertiary/aromatic N) is 4. The van der Waals surface area contributed by atoms with E-state index in [-0.39, 0.29) is 40.8 Å². The molecular formula is C21H25ClN4O4. The molecule has 1 aliphatic carbocycles. The number of amides is 2. The number of benzene rings is 1. The molecule has 3 rings (SSSR count). The van der Waals surface area contributed by atoms with Crippen molar-refractivity contribution in [2.75, 3.05) is 6.54 Å². The molecule has 30 heavy (non-hydrogen) atoms. The van der Waals surface area contributed by atoms with Crippen LogP contribution in [-0.2, 0) is 18.4 Å². The van der Waals surface area contributed by atoms with Crippen LogP contribution in [0.15, 0.2) is 36.5 Å². The Morgan fingerprint density at radius 2 is 2.00 bits per heavy atom. The molecule has 1 aromatic carbocycles. The summed E-state index contributed by atoms with van der Waals surface area (Å²) in [5.74, 6) is -0.549. The third-order valence-corrected chi connectivity index (χ3v) is 5.59. The van der Waals surface area contributed by atoms with E-state index in [0.717, 1.165) is 24.6 Å². The van der Waals surface area contributed by atoms with Crippen molar-refractivity contribution >= 4 is 29.1 Å². The molecule has 0 bridgehead atoms. The number of carbonyl (C=O) groups is 2. The molecule has 1 heterocycles. The number of halogens is 1. The van der Waals surface area contributed by atoms with Gasteiger partial charge in [0.25, 0.3) is 11.6 Å². The SMILES string of the molecule is CC(C)N(CC(=O)N(Cc1cccn1C)C1CC1)C(=O)c1ccc([N+](=O)[O-])cc1Cl. The Balaban J connectivity index is 1.78. The Kier molecular flexibility index (Phi) is 6.45. The average molecular weight is 433 g/mol. The van der Waals surface area contributed by atoms with Crippen molar-refractivity contribution in [2.45, 2.75) is 45.3 Å². The zero-order valence-electron chi connectivity index (χ0n) is 17.2. The highest BCUT2D eigenvalue weighted by atomic mass is 35.5. The van der Waals surface area contributed by atoms with Gasteiger partial charge in [-0.05, 0) is 44.9 Å². The molecule has 0 N–H and O–H groups in total. The van der Waals surface area contributed by atoms with Crippen molar-refractivity contribution in [3.05, 3.63) is 62.9 Å². The van der Waals surface area contributed by atoms with Gasteiger partial charge in [0.2, 0.25) is 5.91 Å². The fourth-order valence-electron chi connectivity index (χ4n) is 3.31. The smallest absolute Gasteiger partial charge is 0.270 e. The third kappa shape index (κ3) is 4.81. The molecule has 1 fully saturated rings. The summed E-state index contributed by atoms with van der Waals surface area (Å²) >= 11 is 6.14. The predicted molar refractivity (Wildman–Crippen MR) is 113 cm³/mol. The van der Waals surface area contributed by atoms with Crippen LogP contribution in [-0.4, -0.2) is 49.7 Å². The van der Waals surface area contributed by atoms with Crippen LogP contribution in [0.2, 0.25) is 5.02 Å². The van der Waals surface area contributed by atoms with Crippen LogP contribution in [0.3, 0.4) is 0 Å². The highest BCUT2D eigenvalue weighted by Gasteiger charge is 2.35. The summed E-state index contributed by atoms with van der Waals surface area (Å²) < 4.78 is 1.98. The van der Waals surface area contributed by atoms with Gasteiger partial charge in [-0.25, -0.2) is 0 Å². The fraction of sp³-hybridized carbons (Fsp3) is 0.429. The minimum absolute atomic E-state index is 0.00448. The number of hydrogen-bond donors (Lipinski definition) is 0. The van der Waals surface area contributed by atoms with E-state index >= 15 is 0 Å². The minimum atomic E-state index is -0.568. The van der Waals surface area contributed by atoms with E-state index in [1.807, 2.05) is 48.7 Å². The van der Waals surface area contributed by atoms with Crippen LogP contribution in [0.1, 0.15) is 42.7 Å². The molecule has 8 nitrogen and oxygen atoms in total. The van der Waals surface area contributed by atoms with Gasteiger partial charge in [-0.1, -0.05) is 11.6 Å². The second kappa shape index (κ2) is 8.87. The van der Waals surface area contributed by atoms with Gasteiger partial charge >= 0.3 is 0 Å². The molecule has 1 saturated carbocycles. The quantitative estimate of drug-likeness (QED) is 0.470. The third-order valence-electron chi connectivity index (χ3n) is 5.28. The maximum absolute atomic E-state index is 13.1. The normalized spacial score (nSPS) is 13.4. The zero-order valence-corrected chi connectivity index (χ0v) is 18.0. The first-order valence-corrected chi connectivity index (χ1v) is 10.2. The van der Waals surface area contributed by atoms with Crippen LogP contribution < -0.4 is 0 Å². The summed E-state index contributed by atoms with van der Waals surface area (Å²) in [7, 11) is 1.94. The summed E-state index contributed by atoms with van der Waals surface area (Å²) in [6.45, 7) is 4.06. The monoisotopic (exact) mass is 432 g/mol. The van der Waals surface area contributed by atoms with Crippen LogP contribution >= 0.6 is 11.6 Å². The van der Waals surface area contributed by atoms with E-state index < -0.39 is 10.8 Å². The first kappa shape index (κ1) is 21.8. The van der Waals surface area contributed by atoms with Gasteiger partial charge in [-0.15, -0.1) is 0 Å². The lowest BCUT2D eigenvalue weighted by atomic mass is 10.1. The maximum atomic E-state index is 13.1. The molecule has 0 spiro atoms. The van der Waals surface area contributed by atoms with Gasteiger partial charge in [-0.2, -0.15) is 0 Å². The number of hydrogen-bond acceptors (Lipinski definition) is 4. The molecule has 9 heteroatoms. The molecule has 1 aromatic heterocycles. The lowest BCUT2D eigenvalue weighted by molar-refractivity contribution is -0.384.